The van der Waals surface area contributed by atoms with Gasteiger partial charge in [0.2, 0.25) is 17.7 Å². The molecule has 8 nitrogen and oxygen atoms in total. The molecule has 2 heterocycles. The van der Waals surface area contributed by atoms with E-state index < -0.39 is 0 Å². The van der Waals surface area contributed by atoms with Gasteiger partial charge in [-0.15, -0.1) is 5.10 Å². The fourth-order valence-corrected chi connectivity index (χ4v) is 3.65. The number of amides is 2. The van der Waals surface area contributed by atoms with E-state index in [2.05, 4.69) is 20.7 Å². The summed E-state index contributed by atoms with van der Waals surface area (Å²) < 4.78 is 7.07. The predicted octanol–water partition coefficient (Wildman–Crippen LogP) is 3.78. The minimum absolute atomic E-state index is 0.194. The van der Waals surface area contributed by atoms with Crippen LogP contribution < -0.4 is 15.4 Å². The highest BCUT2D eigenvalue weighted by Crippen LogP contribution is 2.31. The van der Waals surface area contributed by atoms with Crippen LogP contribution in [0.5, 0.6) is 5.88 Å². The number of nitrogens with zero attached hydrogens (tertiary/aromatic N) is 3. The number of fused-ring (bicyclic) bond motifs is 1. The van der Waals surface area contributed by atoms with Gasteiger partial charge in [-0.1, -0.05) is 11.6 Å². The normalized spacial score (nSPS) is 10.9. The average molecular weight is 430 g/mol. The Kier molecular flexibility index (Phi) is 6.26. The highest BCUT2D eigenvalue weighted by atomic mass is 35.5. The van der Waals surface area contributed by atoms with Crippen molar-refractivity contribution in [2.75, 3.05) is 17.7 Å². The van der Waals surface area contributed by atoms with Crippen LogP contribution >= 0.6 is 11.6 Å². The lowest BCUT2D eigenvalue weighted by molar-refractivity contribution is -0.116. The number of anilines is 2. The Morgan fingerprint density at radius 1 is 1.20 bits per heavy atom. The molecule has 0 bridgehead atoms. The molecule has 9 heteroatoms. The number of carbonyl (C=O) groups excluding carboxylic acids is 2. The molecule has 158 valence electrons. The second-order valence-electron chi connectivity index (χ2n) is 7.05. The highest BCUT2D eigenvalue weighted by molar-refractivity contribution is 6.31. The van der Waals surface area contributed by atoms with Crippen LogP contribution in [-0.2, 0) is 23.1 Å². The molecular weight excluding hydrogens is 406 g/mol. The highest BCUT2D eigenvalue weighted by Gasteiger charge is 2.19. The molecule has 30 heavy (non-hydrogen) atoms. The Balaban J connectivity index is 1.81. The minimum Gasteiger partial charge on any atom is -0.479 e. The lowest BCUT2D eigenvalue weighted by Gasteiger charge is -2.13. The van der Waals surface area contributed by atoms with Crippen molar-refractivity contribution in [2.24, 2.45) is 7.05 Å². The Labute approximate surface area is 179 Å². The van der Waals surface area contributed by atoms with Gasteiger partial charge in [0.05, 0.1) is 23.9 Å². The van der Waals surface area contributed by atoms with Gasteiger partial charge < -0.3 is 15.4 Å². The van der Waals surface area contributed by atoms with Gasteiger partial charge in [-0.2, -0.15) is 0 Å². The molecule has 0 aliphatic rings. The summed E-state index contributed by atoms with van der Waals surface area (Å²) >= 11 is 6.05. The van der Waals surface area contributed by atoms with Crippen molar-refractivity contribution < 1.29 is 14.3 Å². The monoisotopic (exact) mass is 429 g/mol. The minimum atomic E-state index is -0.233. The number of nitrogens with one attached hydrogen (secondary N) is 2. The van der Waals surface area contributed by atoms with Crippen molar-refractivity contribution in [1.29, 1.82) is 0 Å². The second-order valence-corrected chi connectivity index (χ2v) is 7.49. The molecule has 2 amide bonds. The van der Waals surface area contributed by atoms with Gasteiger partial charge in [-0.3, -0.25) is 9.59 Å². The fourth-order valence-electron chi connectivity index (χ4n) is 3.48. The molecule has 0 aliphatic carbocycles. The molecular formula is C21H24ClN5O3. The van der Waals surface area contributed by atoms with Crippen molar-refractivity contribution in [2.45, 2.75) is 33.6 Å². The maximum Gasteiger partial charge on any atom is 0.242 e. The molecule has 0 unspecified atom stereocenters. The van der Waals surface area contributed by atoms with E-state index in [-0.39, 0.29) is 18.2 Å². The summed E-state index contributed by atoms with van der Waals surface area (Å²) in [4.78, 5) is 28.7. The summed E-state index contributed by atoms with van der Waals surface area (Å²) in [6, 6.07) is 4.91. The van der Waals surface area contributed by atoms with Crippen LogP contribution in [-0.4, -0.2) is 33.7 Å². The molecule has 0 spiro atoms. The molecule has 0 atom stereocenters. The number of aromatic nitrogens is 3. The van der Waals surface area contributed by atoms with E-state index in [0.717, 1.165) is 27.9 Å². The first-order valence-electron chi connectivity index (χ1n) is 9.45. The maximum absolute atomic E-state index is 12.6. The Hall–Kier alpha value is -3.13. The Morgan fingerprint density at radius 3 is 2.60 bits per heavy atom. The Morgan fingerprint density at radius 2 is 1.93 bits per heavy atom. The van der Waals surface area contributed by atoms with Crippen molar-refractivity contribution in [3.63, 3.8) is 0 Å². The summed E-state index contributed by atoms with van der Waals surface area (Å²) in [5.41, 5.74) is 4.53. The molecule has 1 aromatic carbocycles. The first kappa shape index (κ1) is 21.6. The molecule has 0 saturated carbocycles. The average Bonchev–Trinajstić information content (AvgIpc) is 2.99. The third-order valence-corrected chi connectivity index (χ3v) is 5.12. The van der Waals surface area contributed by atoms with Gasteiger partial charge in [0.25, 0.3) is 0 Å². The Bertz CT molecular complexity index is 1140. The number of hydrogen-bond donors (Lipinski definition) is 2. The van der Waals surface area contributed by atoms with Crippen LogP contribution in [0, 0.1) is 13.8 Å². The zero-order chi connectivity index (χ0) is 22.0. The molecule has 0 radical (unpaired) electrons. The summed E-state index contributed by atoms with van der Waals surface area (Å²) in [6.45, 7) is 5.31. The van der Waals surface area contributed by atoms with E-state index in [1.165, 1.54) is 6.92 Å². The number of methoxy groups -OCH3 is 1. The van der Waals surface area contributed by atoms with Gasteiger partial charge in [0.1, 0.15) is 0 Å². The lowest BCUT2D eigenvalue weighted by atomic mass is 10.00. The van der Waals surface area contributed by atoms with E-state index in [1.807, 2.05) is 20.9 Å². The summed E-state index contributed by atoms with van der Waals surface area (Å²) in [5, 5.41) is 11.2. The number of rotatable bonds is 6. The molecule has 2 N–H and O–H groups in total. The third-order valence-electron chi connectivity index (χ3n) is 4.88. The molecule has 0 aliphatic heterocycles. The van der Waals surface area contributed by atoms with E-state index in [9.17, 15) is 9.59 Å². The standard InChI is InChI=1S/C21H24ClN5O3/c1-11-15(12(2)23-20-19(11)21(30-5)26-27(20)4)7-9-18(29)25-17-10-14(22)6-8-16(17)24-13(3)28/h6,8,10H,7,9H2,1-5H3,(H,24,28)(H,25,29). The fraction of sp³-hybridized carbons (Fsp3) is 0.333. The van der Waals surface area contributed by atoms with Crippen LogP contribution in [0.15, 0.2) is 18.2 Å². The number of benzene rings is 1. The zero-order valence-corrected chi connectivity index (χ0v) is 18.3. The smallest absolute Gasteiger partial charge is 0.242 e. The number of aryl methyl sites for hydroxylation is 3. The molecule has 3 rings (SSSR count). The van der Waals surface area contributed by atoms with Gasteiger partial charge in [-0.05, 0) is 49.6 Å². The van der Waals surface area contributed by atoms with Crippen molar-refractivity contribution in [3.8, 4) is 5.88 Å². The van der Waals surface area contributed by atoms with Gasteiger partial charge in [0, 0.05) is 31.1 Å². The van der Waals surface area contributed by atoms with Crippen LogP contribution in [0.4, 0.5) is 11.4 Å². The molecule has 3 aromatic rings. The van der Waals surface area contributed by atoms with Crippen LogP contribution in [0.1, 0.15) is 30.2 Å². The number of carbonyl (C=O) groups is 2. The first-order valence-corrected chi connectivity index (χ1v) is 9.82. The van der Waals surface area contributed by atoms with Crippen LogP contribution in [0.25, 0.3) is 11.0 Å². The van der Waals surface area contributed by atoms with E-state index in [0.29, 0.717) is 28.7 Å². The molecule has 0 saturated heterocycles. The zero-order valence-electron chi connectivity index (χ0n) is 17.6. The largest absolute Gasteiger partial charge is 0.479 e. The summed E-state index contributed by atoms with van der Waals surface area (Å²) in [5.74, 6) is 0.0897. The van der Waals surface area contributed by atoms with Gasteiger partial charge >= 0.3 is 0 Å². The van der Waals surface area contributed by atoms with E-state index in [1.54, 1.807) is 30.0 Å². The molecule has 2 aromatic heterocycles. The van der Waals surface area contributed by atoms with Gasteiger partial charge in [0.15, 0.2) is 5.65 Å². The SMILES string of the molecule is COc1nn(C)c2nc(C)c(CCC(=O)Nc3cc(Cl)ccc3NC(C)=O)c(C)c12. The van der Waals surface area contributed by atoms with Crippen molar-refractivity contribution in [3.05, 3.63) is 40.0 Å². The van der Waals surface area contributed by atoms with Crippen molar-refractivity contribution >= 4 is 45.8 Å². The summed E-state index contributed by atoms with van der Waals surface area (Å²) in [6.07, 6.45) is 0.740. The summed E-state index contributed by atoms with van der Waals surface area (Å²) in [7, 11) is 3.40. The number of halogens is 1. The predicted molar refractivity (Wildman–Crippen MR) is 117 cm³/mol. The molecule has 0 fully saturated rings. The quantitative estimate of drug-likeness (QED) is 0.621. The number of ether oxygens (including phenoxy) is 1. The van der Waals surface area contributed by atoms with E-state index >= 15 is 0 Å². The van der Waals surface area contributed by atoms with Crippen molar-refractivity contribution in [1.82, 2.24) is 14.8 Å². The van der Waals surface area contributed by atoms with Crippen LogP contribution in [0.3, 0.4) is 0 Å². The lowest BCUT2D eigenvalue weighted by Crippen LogP contribution is -2.16. The first-order chi connectivity index (χ1) is 14.2. The maximum atomic E-state index is 12.6. The van der Waals surface area contributed by atoms with Gasteiger partial charge in [-0.25, -0.2) is 9.67 Å². The van der Waals surface area contributed by atoms with Crippen LogP contribution in [0.2, 0.25) is 5.02 Å². The number of hydrogen-bond acceptors (Lipinski definition) is 5. The number of pyridine rings is 1. The van der Waals surface area contributed by atoms with E-state index in [4.69, 9.17) is 16.3 Å². The third kappa shape index (κ3) is 4.38. The topological polar surface area (TPSA) is 98.1 Å². The second kappa shape index (κ2) is 8.71.